The van der Waals surface area contributed by atoms with Crippen molar-refractivity contribution in [2.75, 3.05) is 18.4 Å². The Hall–Kier alpha value is -2.86. The zero-order valence-corrected chi connectivity index (χ0v) is 15.3. The summed E-state index contributed by atoms with van der Waals surface area (Å²) in [6.45, 7) is 3.33. The van der Waals surface area contributed by atoms with Crippen LogP contribution >= 0.6 is 0 Å². The summed E-state index contributed by atoms with van der Waals surface area (Å²) in [5.41, 5.74) is 1.78. The van der Waals surface area contributed by atoms with Gasteiger partial charge in [0.05, 0.1) is 12.0 Å². The lowest BCUT2D eigenvalue weighted by Crippen LogP contribution is -2.41. The van der Waals surface area contributed by atoms with Crippen LogP contribution in [0.3, 0.4) is 0 Å². The molecule has 2 atom stereocenters. The Bertz CT molecular complexity index is 777. The van der Waals surface area contributed by atoms with Crippen LogP contribution in [0.25, 0.3) is 0 Å². The highest BCUT2D eigenvalue weighted by atomic mass is 16.5. The zero-order valence-electron chi connectivity index (χ0n) is 15.3. The highest BCUT2D eigenvalue weighted by Crippen LogP contribution is 2.21. The Kier molecular flexibility index (Phi) is 6.08. The quantitative estimate of drug-likeness (QED) is 0.785. The van der Waals surface area contributed by atoms with E-state index in [9.17, 15) is 9.59 Å². The maximum Gasteiger partial charge on any atom is 0.307 e. The van der Waals surface area contributed by atoms with Crippen LogP contribution in [0.4, 0.5) is 5.69 Å². The lowest BCUT2D eigenvalue weighted by atomic mass is 10.1. The molecule has 0 bridgehead atoms. The molecule has 0 saturated carbocycles. The van der Waals surface area contributed by atoms with Crippen molar-refractivity contribution in [1.82, 2.24) is 4.90 Å². The summed E-state index contributed by atoms with van der Waals surface area (Å²) in [6, 6.07) is 16.8. The molecule has 0 spiro atoms. The number of nitrogens with one attached hydrogen (secondary N) is 1. The van der Waals surface area contributed by atoms with Crippen molar-refractivity contribution in [3.05, 3.63) is 60.2 Å². The number of ether oxygens (including phenoxy) is 1. The number of nitrogens with zero attached hydrogens (tertiary/aromatic N) is 1. The number of amides is 1. The molecule has 142 valence electrons. The van der Waals surface area contributed by atoms with E-state index in [1.54, 1.807) is 19.1 Å². The number of likely N-dealkylation sites (tertiary alicyclic amines) is 1. The number of carboxylic acids is 1. The van der Waals surface area contributed by atoms with Gasteiger partial charge in [-0.15, -0.1) is 0 Å². The molecule has 2 unspecified atom stereocenters. The van der Waals surface area contributed by atoms with Crippen molar-refractivity contribution >= 4 is 17.6 Å². The van der Waals surface area contributed by atoms with E-state index in [0.717, 1.165) is 11.3 Å². The minimum Gasteiger partial charge on any atom is -0.489 e. The molecule has 2 N–H and O–H groups in total. The number of rotatable bonds is 7. The summed E-state index contributed by atoms with van der Waals surface area (Å²) in [6.07, 6.45) is 0.584. The van der Waals surface area contributed by atoms with E-state index in [2.05, 4.69) is 5.32 Å². The predicted octanol–water partition coefficient (Wildman–Crippen LogP) is 3.00. The lowest BCUT2D eigenvalue weighted by molar-refractivity contribution is -0.141. The highest BCUT2D eigenvalue weighted by molar-refractivity contribution is 5.94. The van der Waals surface area contributed by atoms with E-state index in [-0.39, 0.29) is 17.9 Å². The fourth-order valence-corrected chi connectivity index (χ4v) is 3.13. The number of carbonyl (C=O) groups excluding carboxylic acids is 1. The van der Waals surface area contributed by atoms with Crippen LogP contribution < -0.4 is 10.1 Å². The molecule has 0 aromatic heterocycles. The molecular formula is C21H24N2O4. The highest BCUT2D eigenvalue weighted by Gasteiger charge is 2.33. The smallest absolute Gasteiger partial charge is 0.307 e. The molecule has 1 heterocycles. The molecule has 2 aromatic carbocycles. The summed E-state index contributed by atoms with van der Waals surface area (Å²) in [5, 5.41) is 12.0. The first kappa shape index (κ1) is 18.9. The molecule has 27 heavy (non-hydrogen) atoms. The van der Waals surface area contributed by atoms with Gasteiger partial charge in [0.25, 0.3) is 0 Å². The molecule has 2 aromatic rings. The number of carboxylic acid groups (broad SMARTS) is 1. The van der Waals surface area contributed by atoms with Crippen molar-refractivity contribution in [3.8, 4) is 5.75 Å². The van der Waals surface area contributed by atoms with Gasteiger partial charge < -0.3 is 15.2 Å². The van der Waals surface area contributed by atoms with E-state index < -0.39 is 5.97 Å². The Morgan fingerprint density at radius 1 is 1.19 bits per heavy atom. The molecule has 1 fully saturated rings. The maximum absolute atomic E-state index is 12.4. The molecular weight excluding hydrogens is 344 g/mol. The second-order valence-corrected chi connectivity index (χ2v) is 6.78. The summed E-state index contributed by atoms with van der Waals surface area (Å²) in [5.74, 6) is -0.592. The molecule has 1 aliphatic rings. The molecule has 1 amide bonds. The van der Waals surface area contributed by atoms with Crippen LogP contribution in [0.1, 0.15) is 18.9 Å². The average molecular weight is 368 g/mol. The van der Waals surface area contributed by atoms with Gasteiger partial charge in [0.2, 0.25) is 5.91 Å². The molecule has 3 rings (SSSR count). The largest absolute Gasteiger partial charge is 0.489 e. The van der Waals surface area contributed by atoms with E-state index in [1.807, 2.05) is 47.4 Å². The standard InChI is InChI=1S/C21H24N2O4/c1-15(23-12-11-17(13-23)21(25)26)20(24)22-18-7-9-19(10-8-18)27-14-16-5-3-2-4-6-16/h2-10,15,17H,11-14H2,1H3,(H,22,24)(H,25,26). The van der Waals surface area contributed by atoms with Crippen LogP contribution in [-0.4, -0.2) is 41.0 Å². The summed E-state index contributed by atoms with van der Waals surface area (Å²) in [4.78, 5) is 25.4. The third-order valence-electron chi connectivity index (χ3n) is 4.87. The van der Waals surface area contributed by atoms with Crippen molar-refractivity contribution in [1.29, 1.82) is 0 Å². The van der Waals surface area contributed by atoms with Gasteiger partial charge in [-0.05, 0) is 49.7 Å². The number of carbonyl (C=O) groups is 2. The second-order valence-electron chi connectivity index (χ2n) is 6.78. The van der Waals surface area contributed by atoms with Crippen molar-refractivity contribution in [2.45, 2.75) is 26.0 Å². The first-order valence-electron chi connectivity index (χ1n) is 9.07. The first-order valence-corrected chi connectivity index (χ1v) is 9.07. The first-order chi connectivity index (χ1) is 13.0. The SMILES string of the molecule is CC(C(=O)Nc1ccc(OCc2ccccc2)cc1)N1CCC(C(=O)O)C1. The Labute approximate surface area is 158 Å². The predicted molar refractivity (Wildman–Crippen MR) is 103 cm³/mol. The van der Waals surface area contributed by atoms with Gasteiger partial charge >= 0.3 is 5.97 Å². The van der Waals surface area contributed by atoms with E-state index in [4.69, 9.17) is 9.84 Å². The third kappa shape index (κ3) is 5.08. The van der Waals surface area contributed by atoms with Gasteiger partial charge in [-0.1, -0.05) is 30.3 Å². The molecule has 1 saturated heterocycles. The van der Waals surface area contributed by atoms with Gasteiger partial charge in [-0.25, -0.2) is 0 Å². The van der Waals surface area contributed by atoms with Crippen LogP contribution in [0, 0.1) is 5.92 Å². The normalized spacial score (nSPS) is 18.0. The van der Waals surface area contributed by atoms with Crippen LogP contribution in [-0.2, 0) is 16.2 Å². The van der Waals surface area contributed by atoms with Crippen molar-refractivity contribution in [3.63, 3.8) is 0 Å². The minimum atomic E-state index is -0.795. The molecule has 1 aliphatic heterocycles. The van der Waals surface area contributed by atoms with Crippen molar-refractivity contribution in [2.24, 2.45) is 5.92 Å². The lowest BCUT2D eigenvalue weighted by Gasteiger charge is -2.23. The van der Waals surface area contributed by atoms with Crippen molar-refractivity contribution < 1.29 is 19.4 Å². The van der Waals surface area contributed by atoms with Gasteiger partial charge in [0.15, 0.2) is 0 Å². The van der Waals surface area contributed by atoms with E-state index in [1.165, 1.54) is 0 Å². The third-order valence-corrected chi connectivity index (χ3v) is 4.87. The monoisotopic (exact) mass is 368 g/mol. The van der Waals surface area contributed by atoms with Crippen LogP contribution in [0.2, 0.25) is 0 Å². The van der Waals surface area contributed by atoms with Crippen LogP contribution in [0.15, 0.2) is 54.6 Å². The fourth-order valence-electron chi connectivity index (χ4n) is 3.13. The molecule has 6 heteroatoms. The zero-order chi connectivity index (χ0) is 19.2. The van der Waals surface area contributed by atoms with Gasteiger partial charge in [-0.3, -0.25) is 14.5 Å². The van der Waals surface area contributed by atoms with Gasteiger partial charge in [0, 0.05) is 12.2 Å². The average Bonchev–Trinajstić information content (AvgIpc) is 3.18. The summed E-state index contributed by atoms with van der Waals surface area (Å²) < 4.78 is 5.74. The van der Waals surface area contributed by atoms with Gasteiger partial charge in [0.1, 0.15) is 12.4 Å². The van der Waals surface area contributed by atoms with Gasteiger partial charge in [-0.2, -0.15) is 0 Å². The number of benzene rings is 2. The Morgan fingerprint density at radius 2 is 1.89 bits per heavy atom. The Balaban J connectivity index is 1.50. The van der Waals surface area contributed by atoms with E-state index >= 15 is 0 Å². The Morgan fingerprint density at radius 3 is 2.52 bits per heavy atom. The molecule has 0 radical (unpaired) electrons. The number of hydrogen-bond donors (Lipinski definition) is 2. The summed E-state index contributed by atoms with van der Waals surface area (Å²) in [7, 11) is 0. The molecule has 6 nitrogen and oxygen atoms in total. The molecule has 0 aliphatic carbocycles. The maximum atomic E-state index is 12.4. The number of hydrogen-bond acceptors (Lipinski definition) is 4. The number of anilines is 1. The van der Waals surface area contributed by atoms with Crippen LogP contribution in [0.5, 0.6) is 5.75 Å². The second kappa shape index (κ2) is 8.68. The fraction of sp³-hybridized carbons (Fsp3) is 0.333. The number of aliphatic carboxylic acids is 1. The topological polar surface area (TPSA) is 78.9 Å². The summed E-state index contributed by atoms with van der Waals surface area (Å²) >= 11 is 0. The van der Waals surface area contributed by atoms with E-state index in [0.29, 0.717) is 31.8 Å². The minimum absolute atomic E-state index is 0.140.